The van der Waals surface area contributed by atoms with Crippen molar-refractivity contribution in [2.45, 2.75) is 6.42 Å². The van der Waals surface area contributed by atoms with Gasteiger partial charge in [-0.2, -0.15) is 0 Å². The number of hydrogen-bond acceptors (Lipinski definition) is 8. The van der Waals surface area contributed by atoms with Gasteiger partial charge in [0.05, 0.1) is 6.61 Å². The molecule has 0 aliphatic carbocycles. The molecule has 250 valence electrons. The fraction of sp³-hybridized carbons (Fsp3) is 0.118. The monoisotopic (exact) mass is 664 g/mol. The second-order valence-electron chi connectivity index (χ2n) is 10.1. The molecule has 0 aliphatic rings. The molecule has 0 saturated carbocycles. The minimum atomic E-state index is -0.698. The fourth-order valence-electron chi connectivity index (χ4n) is 4.20. The standard InChI is InChI=1S/C34H32N8O7/c1-36-31(44)38-24-13-9-22(10-14-24)30(43)23-11-15-25(16-12-23)39-33(46)41-27-6-2-5-26(19-27)40-32(45)37-17-4-18-48-34(47)42-28-7-3-8-29(20-28)49-21-35/h2-3,5-16,19-20H,4,17-18H2,1H3,(H,42,47)(H2,36,38,44)(H2,37,40,45)(H2,39,41,46). The maximum atomic E-state index is 12.8. The summed E-state index contributed by atoms with van der Waals surface area (Å²) < 4.78 is 9.80. The van der Waals surface area contributed by atoms with E-state index in [1.54, 1.807) is 97.3 Å². The predicted molar refractivity (Wildman–Crippen MR) is 183 cm³/mol. The largest absolute Gasteiger partial charge is 0.449 e. The van der Waals surface area contributed by atoms with E-state index in [2.05, 4.69) is 37.2 Å². The normalized spacial score (nSPS) is 9.96. The maximum absolute atomic E-state index is 12.8. The third-order valence-corrected chi connectivity index (χ3v) is 6.50. The zero-order chi connectivity index (χ0) is 35.0. The van der Waals surface area contributed by atoms with Gasteiger partial charge in [0.2, 0.25) is 0 Å². The smallest absolute Gasteiger partial charge is 0.411 e. The van der Waals surface area contributed by atoms with Crippen LogP contribution >= 0.6 is 0 Å². The Morgan fingerprint density at radius 1 is 0.633 bits per heavy atom. The maximum Gasteiger partial charge on any atom is 0.411 e. The number of carbonyl (C=O) groups excluding carboxylic acids is 5. The summed E-state index contributed by atoms with van der Waals surface area (Å²) in [6, 6.07) is 24.2. The lowest BCUT2D eigenvalue weighted by atomic mass is 10.0. The highest BCUT2D eigenvalue weighted by Crippen LogP contribution is 2.19. The number of anilines is 5. The Morgan fingerprint density at radius 2 is 1.16 bits per heavy atom. The summed E-state index contributed by atoms with van der Waals surface area (Å²) in [5, 5.41) is 26.9. The van der Waals surface area contributed by atoms with Gasteiger partial charge >= 0.3 is 24.2 Å². The number of amides is 7. The van der Waals surface area contributed by atoms with Crippen molar-refractivity contribution in [3.8, 4) is 12.0 Å². The first-order valence-corrected chi connectivity index (χ1v) is 14.8. The number of rotatable bonds is 12. The van der Waals surface area contributed by atoms with Gasteiger partial charge in [-0.1, -0.05) is 12.1 Å². The Hall–Kier alpha value is -7.08. The van der Waals surface area contributed by atoms with Crippen LogP contribution in [0.3, 0.4) is 0 Å². The highest BCUT2D eigenvalue weighted by atomic mass is 16.5. The Labute approximate surface area is 281 Å². The van der Waals surface area contributed by atoms with E-state index < -0.39 is 18.2 Å². The number of ether oxygens (including phenoxy) is 2. The first-order valence-electron chi connectivity index (χ1n) is 14.8. The van der Waals surface area contributed by atoms with Gasteiger partial charge in [-0.25, -0.2) is 19.2 Å². The predicted octanol–water partition coefficient (Wildman–Crippen LogP) is 5.93. The van der Waals surface area contributed by atoms with Gasteiger partial charge in [0.15, 0.2) is 5.78 Å². The van der Waals surface area contributed by atoms with Crippen LogP contribution in [0.1, 0.15) is 22.3 Å². The molecule has 0 bridgehead atoms. The molecular formula is C34H32N8O7. The lowest BCUT2D eigenvalue weighted by molar-refractivity contribution is 0.103. The van der Waals surface area contributed by atoms with E-state index in [1.165, 1.54) is 13.1 Å². The van der Waals surface area contributed by atoms with E-state index in [1.807, 2.05) is 0 Å². The van der Waals surface area contributed by atoms with Crippen LogP contribution in [0.25, 0.3) is 0 Å². The van der Waals surface area contributed by atoms with Crippen molar-refractivity contribution in [3.05, 3.63) is 108 Å². The molecule has 0 heterocycles. The van der Waals surface area contributed by atoms with Crippen LogP contribution in [0.15, 0.2) is 97.1 Å². The number of nitriles is 1. The van der Waals surface area contributed by atoms with E-state index in [9.17, 15) is 24.0 Å². The summed E-state index contributed by atoms with van der Waals surface area (Å²) in [6.07, 6.45) is 1.20. The Bertz CT molecular complexity index is 1840. The van der Waals surface area contributed by atoms with E-state index in [4.69, 9.17) is 14.7 Å². The van der Waals surface area contributed by atoms with Gasteiger partial charge in [-0.3, -0.25) is 10.1 Å². The summed E-state index contributed by atoms with van der Waals surface area (Å²) in [5.74, 6) is 0.0520. The van der Waals surface area contributed by atoms with E-state index >= 15 is 0 Å². The lowest BCUT2D eigenvalue weighted by Gasteiger charge is -2.11. The van der Waals surface area contributed by atoms with Crippen molar-refractivity contribution in [1.82, 2.24) is 10.6 Å². The fourth-order valence-corrected chi connectivity index (χ4v) is 4.20. The molecule has 0 aliphatic heterocycles. The Morgan fingerprint density at radius 3 is 1.76 bits per heavy atom. The highest BCUT2D eigenvalue weighted by Gasteiger charge is 2.11. The number of benzene rings is 4. The van der Waals surface area contributed by atoms with Crippen molar-refractivity contribution in [2.75, 3.05) is 46.8 Å². The molecule has 4 rings (SSSR count). The molecular weight excluding hydrogens is 632 g/mol. The molecule has 49 heavy (non-hydrogen) atoms. The molecule has 0 radical (unpaired) electrons. The topological polar surface area (TPSA) is 212 Å². The van der Waals surface area contributed by atoms with Gasteiger partial charge < -0.3 is 41.4 Å². The zero-order valence-corrected chi connectivity index (χ0v) is 26.2. The van der Waals surface area contributed by atoms with Crippen LogP contribution in [-0.4, -0.2) is 50.2 Å². The van der Waals surface area contributed by atoms with Gasteiger partial charge in [0.25, 0.3) is 6.26 Å². The van der Waals surface area contributed by atoms with Crippen molar-refractivity contribution in [2.24, 2.45) is 0 Å². The molecule has 4 aromatic carbocycles. The van der Waals surface area contributed by atoms with Crippen molar-refractivity contribution >= 4 is 58.4 Å². The molecule has 15 nitrogen and oxygen atoms in total. The number of hydrogen-bond donors (Lipinski definition) is 7. The quantitative estimate of drug-likeness (QED) is 0.0546. The third kappa shape index (κ3) is 11.3. The lowest BCUT2D eigenvalue weighted by Crippen LogP contribution is -2.30. The van der Waals surface area contributed by atoms with Gasteiger partial charge in [0, 0.05) is 59.2 Å². The molecule has 0 saturated heterocycles. The first kappa shape index (κ1) is 34.8. The van der Waals surface area contributed by atoms with E-state index in [0.717, 1.165) is 0 Å². The SMILES string of the molecule is CNC(=O)Nc1ccc(C(=O)c2ccc(NC(=O)Nc3cccc(NC(=O)NCCCOC(=O)Nc4cccc(OC#N)c4)c3)cc2)cc1. The molecule has 7 N–H and O–H groups in total. The summed E-state index contributed by atoms with van der Waals surface area (Å²) in [6.45, 7) is 0.263. The van der Waals surface area contributed by atoms with Crippen molar-refractivity contribution in [1.29, 1.82) is 5.26 Å². The second kappa shape index (κ2) is 17.6. The average molecular weight is 665 g/mol. The molecule has 4 aromatic rings. The second-order valence-corrected chi connectivity index (χ2v) is 10.1. The summed E-state index contributed by atoms with van der Waals surface area (Å²) >= 11 is 0. The minimum absolute atomic E-state index is 0.0429. The van der Waals surface area contributed by atoms with Crippen LogP contribution in [0, 0.1) is 11.5 Å². The number of nitrogens with one attached hydrogen (secondary N) is 7. The molecule has 7 amide bonds. The number of carbonyl (C=O) groups is 5. The Balaban J connectivity index is 1.16. The van der Waals surface area contributed by atoms with Gasteiger partial charge in [-0.15, -0.1) is 5.26 Å². The first-order chi connectivity index (χ1) is 23.7. The molecule has 0 unspecified atom stereocenters. The van der Waals surface area contributed by atoms with Crippen LogP contribution in [0.2, 0.25) is 0 Å². The van der Waals surface area contributed by atoms with Crippen LogP contribution in [0.5, 0.6) is 5.75 Å². The summed E-state index contributed by atoms with van der Waals surface area (Å²) in [4.78, 5) is 61.2. The molecule has 0 atom stereocenters. The average Bonchev–Trinajstić information content (AvgIpc) is 3.09. The van der Waals surface area contributed by atoms with Crippen LogP contribution < -0.4 is 42.0 Å². The van der Waals surface area contributed by atoms with Crippen LogP contribution in [0.4, 0.5) is 47.6 Å². The van der Waals surface area contributed by atoms with Crippen LogP contribution in [-0.2, 0) is 4.74 Å². The third-order valence-electron chi connectivity index (χ3n) is 6.50. The zero-order valence-electron chi connectivity index (χ0n) is 26.2. The number of nitrogens with zero attached hydrogens (tertiary/aromatic N) is 1. The van der Waals surface area contributed by atoms with Crippen molar-refractivity contribution in [3.63, 3.8) is 0 Å². The van der Waals surface area contributed by atoms with Crippen molar-refractivity contribution < 1.29 is 33.4 Å². The molecule has 0 fully saturated rings. The van der Waals surface area contributed by atoms with E-state index in [-0.39, 0.29) is 30.7 Å². The minimum Gasteiger partial charge on any atom is -0.449 e. The highest BCUT2D eigenvalue weighted by molar-refractivity contribution is 6.09. The molecule has 0 aromatic heterocycles. The van der Waals surface area contributed by atoms with E-state index in [0.29, 0.717) is 46.0 Å². The van der Waals surface area contributed by atoms with Gasteiger partial charge in [0.1, 0.15) is 5.75 Å². The number of ketones is 1. The summed E-state index contributed by atoms with van der Waals surface area (Å²) in [5.41, 5.74) is 3.08. The Kier molecular flexibility index (Phi) is 12.5. The molecule has 0 spiro atoms. The molecule has 15 heteroatoms. The number of urea groups is 3. The van der Waals surface area contributed by atoms with Gasteiger partial charge in [-0.05, 0) is 85.3 Å². The summed E-state index contributed by atoms with van der Waals surface area (Å²) in [7, 11) is 1.50.